The van der Waals surface area contributed by atoms with Crippen molar-refractivity contribution in [1.29, 1.82) is 0 Å². The molecule has 1 heterocycles. The molecule has 2 nitrogen and oxygen atoms in total. The minimum atomic E-state index is -0.279. The summed E-state index contributed by atoms with van der Waals surface area (Å²) in [7, 11) is 0. The smallest absolute Gasteiger partial charge is 0.193 e. The minimum Gasteiger partial charge on any atom is -0.450 e. The van der Waals surface area contributed by atoms with Crippen LogP contribution in [0.2, 0.25) is 5.22 Å². The van der Waals surface area contributed by atoms with Gasteiger partial charge in [-0.05, 0) is 37.1 Å². The van der Waals surface area contributed by atoms with Gasteiger partial charge < -0.3 is 9.52 Å². The quantitative estimate of drug-likeness (QED) is 0.763. The fraction of sp³-hybridized carbons (Fsp3) is 0.500. The molecule has 0 bridgehead atoms. The summed E-state index contributed by atoms with van der Waals surface area (Å²) < 4.78 is 5.09. The molecule has 0 saturated carbocycles. The average molecular weight is 175 g/mol. The molecule has 0 radical (unpaired) electrons. The molecule has 1 rings (SSSR count). The number of hydrogen-bond acceptors (Lipinski definition) is 2. The predicted octanol–water partition coefficient (Wildman–Crippen LogP) is 2.25. The van der Waals surface area contributed by atoms with E-state index in [0.717, 1.165) is 12.2 Å². The van der Waals surface area contributed by atoms with Gasteiger partial charge in [0.25, 0.3) is 0 Å². The summed E-state index contributed by atoms with van der Waals surface area (Å²) >= 11 is 5.55. The van der Waals surface area contributed by atoms with Crippen LogP contribution in [0, 0.1) is 0 Å². The molecule has 0 fully saturated rings. The Kier molecular flexibility index (Phi) is 2.97. The molecule has 0 amide bonds. The van der Waals surface area contributed by atoms with Crippen molar-refractivity contribution in [2.24, 2.45) is 0 Å². The molecule has 3 heteroatoms. The van der Waals surface area contributed by atoms with Crippen molar-refractivity contribution in [1.82, 2.24) is 0 Å². The number of halogens is 1. The van der Waals surface area contributed by atoms with E-state index >= 15 is 0 Å². The van der Waals surface area contributed by atoms with Crippen molar-refractivity contribution in [2.75, 3.05) is 0 Å². The van der Waals surface area contributed by atoms with Crippen LogP contribution in [0.5, 0.6) is 0 Å². The number of furan rings is 1. The van der Waals surface area contributed by atoms with Crippen LogP contribution in [-0.4, -0.2) is 11.2 Å². The first kappa shape index (κ1) is 8.62. The highest BCUT2D eigenvalue weighted by molar-refractivity contribution is 6.28. The van der Waals surface area contributed by atoms with Crippen LogP contribution in [0.4, 0.5) is 0 Å². The van der Waals surface area contributed by atoms with E-state index in [1.165, 1.54) is 0 Å². The molecule has 1 aromatic rings. The Labute approximate surface area is 70.8 Å². The number of aliphatic hydroxyl groups is 1. The Morgan fingerprint density at radius 3 is 2.82 bits per heavy atom. The van der Waals surface area contributed by atoms with E-state index in [2.05, 4.69) is 0 Å². The van der Waals surface area contributed by atoms with Gasteiger partial charge in [-0.1, -0.05) is 0 Å². The van der Waals surface area contributed by atoms with E-state index in [1.807, 2.05) is 6.07 Å². The summed E-state index contributed by atoms with van der Waals surface area (Å²) in [4.78, 5) is 0. The Bertz CT molecular complexity index is 218. The van der Waals surface area contributed by atoms with Crippen molar-refractivity contribution >= 4 is 11.6 Å². The van der Waals surface area contributed by atoms with Gasteiger partial charge in [0.05, 0.1) is 6.10 Å². The molecule has 1 N–H and O–H groups in total. The van der Waals surface area contributed by atoms with Gasteiger partial charge in [0.15, 0.2) is 5.22 Å². The van der Waals surface area contributed by atoms with Crippen LogP contribution in [0.15, 0.2) is 16.5 Å². The molecule has 11 heavy (non-hydrogen) atoms. The van der Waals surface area contributed by atoms with Crippen LogP contribution < -0.4 is 0 Å². The maximum atomic E-state index is 8.95. The Hall–Kier alpha value is -0.470. The van der Waals surface area contributed by atoms with Crippen LogP contribution in [0.3, 0.4) is 0 Å². The monoisotopic (exact) mass is 174 g/mol. The largest absolute Gasteiger partial charge is 0.450 e. The topological polar surface area (TPSA) is 33.4 Å². The zero-order valence-corrected chi connectivity index (χ0v) is 7.14. The van der Waals surface area contributed by atoms with Gasteiger partial charge in [-0.25, -0.2) is 0 Å². The Balaban J connectivity index is 2.39. The first-order valence-electron chi connectivity index (χ1n) is 3.61. The maximum absolute atomic E-state index is 8.95. The lowest BCUT2D eigenvalue weighted by molar-refractivity contribution is 0.182. The van der Waals surface area contributed by atoms with E-state index in [9.17, 15) is 0 Å². The zero-order valence-electron chi connectivity index (χ0n) is 6.38. The van der Waals surface area contributed by atoms with Gasteiger partial charge in [-0.15, -0.1) is 0 Å². The van der Waals surface area contributed by atoms with E-state index in [4.69, 9.17) is 21.1 Å². The third-order valence-corrected chi connectivity index (χ3v) is 1.64. The van der Waals surface area contributed by atoms with Crippen LogP contribution in [-0.2, 0) is 6.42 Å². The summed E-state index contributed by atoms with van der Waals surface area (Å²) in [5.41, 5.74) is 0. The lowest BCUT2D eigenvalue weighted by Crippen LogP contribution is -2.00. The van der Waals surface area contributed by atoms with E-state index in [1.54, 1.807) is 13.0 Å². The molecule has 1 aromatic heterocycles. The van der Waals surface area contributed by atoms with Crippen molar-refractivity contribution < 1.29 is 9.52 Å². The van der Waals surface area contributed by atoms with Crippen molar-refractivity contribution in [3.63, 3.8) is 0 Å². The number of aliphatic hydroxyl groups excluding tert-OH is 1. The summed E-state index contributed by atoms with van der Waals surface area (Å²) in [5, 5.41) is 9.35. The normalized spacial score (nSPS) is 13.4. The van der Waals surface area contributed by atoms with Gasteiger partial charge in [0.1, 0.15) is 5.76 Å². The molecule has 1 atom stereocenters. The summed E-state index contributed by atoms with van der Waals surface area (Å²) in [6, 6.07) is 3.53. The third kappa shape index (κ3) is 2.95. The summed E-state index contributed by atoms with van der Waals surface area (Å²) in [5.74, 6) is 0.830. The molecule has 1 unspecified atom stereocenters. The van der Waals surface area contributed by atoms with E-state index in [0.29, 0.717) is 11.6 Å². The van der Waals surface area contributed by atoms with Gasteiger partial charge >= 0.3 is 0 Å². The summed E-state index contributed by atoms with van der Waals surface area (Å²) in [6.45, 7) is 1.75. The maximum Gasteiger partial charge on any atom is 0.193 e. The second-order valence-electron chi connectivity index (χ2n) is 2.59. The SMILES string of the molecule is CC(O)CCc1ccc(Cl)o1. The molecule has 0 aliphatic rings. The molecular weight excluding hydrogens is 164 g/mol. The fourth-order valence-corrected chi connectivity index (χ4v) is 0.999. The number of hydrogen-bond donors (Lipinski definition) is 1. The molecule has 0 aliphatic carbocycles. The van der Waals surface area contributed by atoms with Gasteiger partial charge in [0.2, 0.25) is 0 Å². The molecular formula is C8H11ClO2. The lowest BCUT2D eigenvalue weighted by atomic mass is 10.2. The third-order valence-electron chi connectivity index (χ3n) is 1.44. The van der Waals surface area contributed by atoms with E-state index < -0.39 is 0 Å². The minimum absolute atomic E-state index is 0.279. The van der Waals surface area contributed by atoms with Crippen LogP contribution in [0.25, 0.3) is 0 Å². The predicted molar refractivity (Wildman–Crippen MR) is 43.7 cm³/mol. The fourth-order valence-electron chi connectivity index (χ4n) is 0.837. The van der Waals surface area contributed by atoms with E-state index in [-0.39, 0.29) is 6.10 Å². The zero-order chi connectivity index (χ0) is 8.27. The highest BCUT2D eigenvalue weighted by Crippen LogP contribution is 2.14. The van der Waals surface area contributed by atoms with Crippen molar-refractivity contribution in [3.8, 4) is 0 Å². The highest BCUT2D eigenvalue weighted by atomic mass is 35.5. The average Bonchev–Trinajstić information content (AvgIpc) is 2.31. The standard InChI is InChI=1S/C8H11ClO2/c1-6(10)2-3-7-4-5-8(9)11-7/h4-6,10H,2-3H2,1H3. The van der Waals surface area contributed by atoms with Gasteiger partial charge in [0, 0.05) is 6.42 Å². The molecule has 62 valence electrons. The van der Waals surface area contributed by atoms with Gasteiger partial charge in [-0.2, -0.15) is 0 Å². The first-order valence-corrected chi connectivity index (χ1v) is 3.98. The first-order chi connectivity index (χ1) is 5.18. The van der Waals surface area contributed by atoms with Crippen LogP contribution in [0.1, 0.15) is 19.1 Å². The molecule has 0 aromatic carbocycles. The van der Waals surface area contributed by atoms with Crippen LogP contribution >= 0.6 is 11.6 Å². The molecule has 0 aliphatic heterocycles. The van der Waals surface area contributed by atoms with Gasteiger partial charge in [-0.3, -0.25) is 0 Å². The second-order valence-corrected chi connectivity index (χ2v) is 2.97. The number of rotatable bonds is 3. The number of aryl methyl sites for hydroxylation is 1. The molecule has 0 saturated heterocycles. The second kappa shape index (κ2) is 3.79. The Morgan fingerprint density at radius 1 is 1.64 bits per heavy atom. The lowest BCUT2D eigenvalue weighted by Gasteiger charge is -1.99. The summed E-state index contributed by atoms with van der Waals surface area (Å²) in [6.07, 6.45) is 1.17. The Morgan fingerprint density at radius 2 is 2.36 bits per heavy atom. The molecule has 0 spiro atoms. The van der Waals surface area contributed by atoms with Crippen molar-refractivity contribution in [2.45, 2.75) is 25.9 Å². The highest BCUT2D eigenvalue weighted by Gasteiger charge is 2.01. The van der Waals surface area contributed by atoms with Crippen molar-refractivity contribution in [3.05, 3.63) is 23.1 Å².